The minimum Gasteiger partial charge on any atom is -0.489 e. The molecular formula is C15H12Cl3NO3. The zero-order valence-corrected chi connectivity index (χ0v) is 13.6. The van der Waals surface area contributed by atoms with Gasteiger partial charge in [0.1, 0.15) is 19.0 Å². The van der Waals surface area contributed by atoms with Crippen LogP contribution < -0.4 is 9.47 Å². The number of rotatable bonds is 6. The van der Waals surface area contributed by atoms with Crippen molar-refractivity contribution in [2.75, 3.05) is 13.2 Å². The van der Waals surface area contributed by atoms with Crippen LogP contribution in [0.4, 0.5) is 0 Å². The zero-order chi connectivity index (χ0) is 15.9. The summed E-state index contributed by atoms with van der Waals surface area (Å²) >= 11 is 17.9. The Balaban J connectivity index is 1.93. The molecule has 0 saturated heterocycles. The van der Waals surface area contributed by atoms with Gasteiger partial charge in [0.05, 0.1) is 16.3 Å². The largest absolute Gasteiger partial charge is 0.489 e. The Bertz CT molecular complexity index is 654. The number of halogens is 3. The third-order valence-corrected chi connectivity index (χ3v) is 3.45. The molecule has 0 aliphatic rings. The van der Waals surface area contributed by atoms with Crippen LogP contribution in [0.2, 0.25) is 15.1 Å². The van der Waals surface area contributed by atoms with Crippen molar-refractivity contribution in [2.24, 2.45) is 5.16 Å². The summed E-state index contributed by atoms with van der Waals surface area (Å²) in [6.07, 6.45) is 1.29. The van der Waals surface area contributed by atoms with Gasteiger partial charge < -0.3 is 14.7 Å². The second kappa shape index (κ2) is 8.13. The minimum atomic E-state index is 0.242. The van der Waals surface area contributed by atoms with Gasteiger partial charge >= 0.3 is 0 Å². The molecule has 0 heterocycles. The molecule has 22 heavy (non-hydrogen) atoms. The fourth-order valence-corrected chi connectivity index (χ4v) is 2.67. The smallest absolute Gasteiger partial charge is 0.156 e. The topological polar surface area (TPSA) is 51.1 Å². The maximum Gasteiger partial charge on any atom is 0.156 e. The van der Waals surface area contributed by atoms with E-state index in [1.807, 2.05) is 12.1 Å². The Morgan fingerprint density at radius 3 is 2.32 bits per heavy atom. The van der Waals surface area contributed by atoms with Crippen LogP contribution in [0.15, 0.2) is 41.6 Å². The monoisotopic (exact) mass is 359 g/mol. The summed E-state index contributed by atoms with van der Waals surface area (Å²) < 4.78 is 11.1. The highest BCUT2D eigenvalue weighted by Crippen LogP contribution is 2.35. The predicted molar refractivity (Wildman–Crippen MR) is 88.3 cm³/mol. The van der Waals surface area contributed by atoms with Crippen molar-refractivity contribution in [3.63, 3.8) is 0 Å². The van der Waals surface area contributed by atoms with E-state index >= 15 is 0 Å². The molecule has 0 unspecified atom stereocenters. The summed E-state index contributed by atoms with van der Waals surface area (Å²) in [7, 11) is 0. The summed E-state index contributed by atoms with van der Waals surface area (Å²) in [5, 5.41) is 12.7. The van der Waals surface area contributed by atoms with Crippen molar-refractivity contribution in [2.45, 2.75) is 0 Å². The second-order valence-electron chi connectivity index (χ2n) is 4.18. The van der Waals surface area contributed by atoms with Crippen LogP contribution in [0.25, 0.3) is 0 Å². The average molecular weight is 361 g/mol. The van der Waals surface area contributed by atoms with Crippen LogP contribution >= 0.6 is 34.8 Å². The SMILES string of the molecule is ON=Cc1ccccc1OCCOc1c(Cl)cc(Cl)cc1Cl. The van der Waals surface area contributed by atoms with Gasteiger partial charge in [-0.1, -0.05) is 52.1 Å². The molecule has 0 aromatic heterocycles. The predicted octanol–water partition coefficient (Wildman–Crippen LogP) is 4.91. The van der Waals surface area contributed by atoms with E-state index in [0.717, 1.165) is 0 Å². The van der Waals surface area contributed by atoms with E-state index in [-0.39, 0.29) is 13.2 Å². The van der Waals surface area contributed by atoms with Gasteiger partial charge in [-0.25, -0.2) is 0 Å². The summed E-state index contributed by atoms with van der Waals surface area (Å²) in [5.41, 5.74) is 0.660. The molecule has 0 atom stereocenters. The van der Waals surface area contributed by atoms with Crippen molar-refractivity contribution in [3.8, 4) is 11.5 Å². The first-order chi connectivity index (χ1) is 10.6. The highest BCUT2D eigenvalue weighted by atomic mass is 35.5. The minimum absolute atomic E-state index is 0.242. The average Bonchev–Trinajstić information content (AvgIpc) is 2.47. The van der Waals surface area contributed by atoms with Gasteiger partial charge in [-0.3, -0.25) is 0 Å². The fourth-order valence-electron chi connectivity index (χ4n) is 1.74. The number of benzene rings is 2. The Morgan fingerprint density at radius 1 is 1.00 bits per heavy atom. The van der Waals surface area contributed by atoms with Crippen molar-refractivity contribution in [1.29, 1.82) is 0 Å². The van der Waals surface area contributed by atoms with Crippen LogP contribution in [0.1, 0.15) is 5.56 Å². The molecule has 2 aromatic carbocycles. The lowest BCUT2D eigenvalue weighted by Gasteiger charge is -2.12. The van der Waals surface area contributed by atoms with E-state index in [4.69, 9.17) is 49.5 Å². The molecule has 7 heteroatoms. The molecule has 0 radical (unpaired) electrons. The standard InChI is InChI=1S/C15H12Cl3NO3/c16-11-7-12(17)15(13(18)8-11)22-6-5-21-14-4-2-1-3-10(14)9-19-20/h1-4,7-9,20H,5-6H2. The first-order valence-corrected chi connectivity index (χ1v) is 7.42. The van der Waals surface area contributed by atoms with Crippen molar-refractivity contribution in [1.82, 2.24) is 0 Å². The van der Waals surface area contributed by atoms with E-state index in [0.29, 0.717) is 32.1 Å². The van der Waals surface area contributed by atoms with Gasteiger partial charge in [-0.05, 0) is 24.3 Å². The van der Waals surface area contributed by atoms with Gasteiger partial charge in [0.15, 0.2) is 5.75 Å². The van der Waals surface area contributed by atoms with Gasteiger partial charge in [0.25, 0.3) is 0 Å². The van der Waals surface area contributed by atoms with Crippen LogP contribution in [0.5, 0.6) is 11.5 Å². The first-order valence-electron chi connectivity index (χ1n) is 6.28. The second-order valence-corrected chi connectivity index (χ2v) is 5.43. The molecule has 0 aliphatic heterocycles. The lowest BCUT2D eigenvalue weighted by Crippen LogP contribution is -2.10. The number of oxime groups is 1. The molecule has 1 N–H and O–H groups in total. The van der Waals surface area contributed by atoms with Crippen molar-refractivity contribution in [3.05, 3.63) is 57.0 Å². The van der Waals surface area contributed by atoms with Gasteiger partial charge in [0, 0.05) is 10.6 Å². The van der Waals surface area contributed by atoms with E-state index in [1.54, 1.807) is 24.3 Å². The molecular weight excluding hydrogens is 349 g/mol. The molecule has 0 amide bonds. The third-order valence-electron chi connectivity index (χ3n) is 2.67. The molecule has 116 valence electrons. The van der Waals surface area contributed by atoms with Gasteiger partial charge in [-0.2, -0.15) is 0 Å². The van der Waals surface area contributed by atoms with E-state index in [1.165, 1.54) is 6.21 Å². The molecule has 2 aromatic rings. The van der Waals surface area contributed by atoms with Crippen LogP contribution in [0, 0.1) is 0 Å². The summed E-state index contributed by atoms with van der Waals surface area (Å²) in [6, 6.07) is 10.3. The lowest BCUT2D eigenvalue weighted by molar-refractivity contribution is 0.217. The van der Waals surface area contributed by atoms with E-state index in [9.17, 15) is 0 Å². The number of hydrogen-bond acceptors (Lipinski definition) is 4. The first kappa shape index (κ1) is 16.7. The van der Waals surface area contributed by atoms with E-state index < -0.39 is 0 Å². The zero-order valence-electron chi connectivity index (χ0n) is 11.3. The Morgan fingerprint density at radius 2 is 1.64 bits per heavy atom. The number of nitrogens with zero attached hydrogens (tertiary/aromatic N) is 1. The highest BCUT2D eigenvalue weighted by molar-refractivity contribution is 6.40. The summed E-state index contributed by atoms with van der Waals surface area (Å²) in [6.45, 7) is 0.511. The lowest BCUT2D eigenvalue weighted by atomic mass is 10.2. The third kappa shape index (κ3) is 4.44. The molecule has 0 saturated carbocycles. The highest BCUT2D eigenvalue weighted by Gasteiger charge is 2.09. The van der Waals surface area contributed by atoms with Crippen molar-refractivity contribution >= 4 is 41.0 Å². The normalized spacial score (nSPS) is 10.9. The maximum absolute atomic E-state index is 8.60. The molecule has 0 aliphatic carbocycles. The van der Waals surface area contributed by atoms with Crippen LogP contribution in [0.3, 0.4) is 0 Å². The molecule has 0 bridgehead atoms. The molecule has 4 nitrogen and oxygen atoms in total. The number of para-hydroxylation sites is 1. The van der Waals surface area contributed by atoms with Crippen LogP contribution in [-0.2, 0) is 0 Å². The van der Waals surface area contributed by atoms with E-state index in [2.05, 4.69) is 5.16 Å². The number of ether oxygens (including phenoxy) is 2. The van der Waals surface area contributed by atoms with Crippen LogP contribution in [-0.4, -0.2) is 24.6 Å². The molecule has 0 fully saturated rings. The fraction of sp³-hybridized carbons (Fsp3) is 0.133. The summed E-state index contributed by atoms with van der Waals surface area (Å²) in [5.74, 6) is 0.943. The molecule has 0 spiro atoms. The Kier molecular flexibility index (Phi) is 6.19. The Hall–Kier alpha value is -1.62. The quantitative estimate of drug-likeness (QED) is 0.344. The molecule has 2 rings (SSSR count). The Labute approximate surface area is 142 Å². The van der Waals surface area contributed by atoms with Crippen molar-refractivity contribution < 1.29 is 14.7 Å². The number of hydrogen-bond donors (Lipinski definition) is 1. The maximum atomic E-state index is 8.60. The van der Waals surface area contributed by atoms with Gasteiger partial charge in [0.2, 0.25) is 0 Å². The summed E-state index contributed by atoms with van der Waals surface area (Å²) in [4.78, 5) is 0. The van der Waals surface area contributed by atoms with Gasteiger partial charge in [-0.15, -0.1) is 0 Å².